The summed E-state index contributed by atoms with van der Waals surface area (Å²) < 4.78 is 0. The molecular formula is C19H22N2O2. The molecule has 0 aliphatic carbocycles. The van der Waals surface area contributed by atoms with Gasteiger partial charge in [-0.1, -0.05) is 44.2 Å². The second-order valence-electron chi connectivity index (χ2n) is 6.75. The normalized spacial score (nSPS) is 12.0. The molecule has 1 amide bonds. The quantitative estimate of drug-likeness (QED) is 0.675. The molecule has 3 N–H and O–H groups in total. The average molecular weight is 310 g/mol. The van der Waals surface area contributed by atoms with Gasteiger partial charge in [-0.3, -0.25) is 4.79 Å². The smallest absolute Gasteiger partial charge is 0.267 e. The minimum absolute atomic E-state index is 0.115. The number of benzene rings is 2. The number of amides is 1. The van der Waals surface area contributed by atoms with Crippen molar-refractivity contribution in [1.29, 1.82) is 0 Å². The number of aliphatic hydroxyl groups excluding tert-OH is 1. The molecule has 1 aromatic heterocycles. The van der Waals surface area contributed by atoms with E-state index in [1.807, 2.05) is 38.1 Å². The minimum atomic E-state index is -0.122. The summed E-state index contributed by atoms with van der Waals surface area (Å²) in [6.45, 7) is 4.72. The van der Waals surface area contributed by atoms with Crippen molar-refractivity contribution in [2.45, 2.75) is 20.3 Å². The molecule has 0 saturated heterocycles. The lowest BCUT2D eigenvalue weighted by Gasteiger charge is -2.23. The lowest BCUT2D eigenvalue weighted by molar-refractivity contribution is 0.0924. The van der Waals surface area contributed by atoms with Crippen molar-refractivity contribution in [3.05, 3.63) is 48.2 Å². The van der Waals surface area contributed by atoms with Crippen molar-refractivity contribution < 1.29 is 9.90 Å². The molecule has 0 radical (unpaired) electrons. The Balaban J connectivity index is 1.86. The van der Waals surface area contributed by atoms with Gasteiger partial charge >= 0.3 is 0 Å². The number of hydrogen-bond donors (Lipinski definition) is 3. The Morgan fingerprint density at radius 3 is 2.74 bits per heavy atom. The van der Waals surface area contributed by atoms with E-state index in [9.17, 15) is 4.79 Å². The standard InChI is InChI=1S/C19H22N2O2/c1-19(2,9-10-22)12-20-18(23)17-11-15-14-6-4-3-5-13(14)7-8-16(15)21-17/h3-8,11,21-22H,9-10,12H2,1-2H3,(H,20,23). The fourth-order valence-electron chi connectivity index (χ4n) is 2.81. The van der Waals surface area contributed by atoms with Gasteiger partial charge < -0.3 is 15.4 Å². The van der Waals surface area contributed by atoms with Crippen molar-refractivity contribution in [3.63, 3.8) is 0 Å². The first kappa shape index (κ1) is 15.6. The van der Waals surface area contributed by atoms with Crippen LogP contribution in [0.15, 0.2) is 42.5 Å². The van der Waals surface area contributed by atoms with Gasteiger partial charge in [-0.15, -0.1) is 0 Å². The van der Waals surface area contributed by atoms with Crippen LogP contribution >= 0.6 is 0 Å². The zero-order chi connectivity index (χ0) is 16.4. The molecule has 0 spiro atoms. The lowest BCUT2D eigenvalue weighted by Crippen LogP contribution is -2.34. The third-order valence-corrected chi connectivity index (χ3v) is 4.29. The van der Waals surface area contributed by atoms with Gasteiger partial charge in [0.15, 0.2) is 0 Å². The summed E-state index contributed by atoms with van der Waals surface area (Å²) in [6.07, 6.45) is 0.657. The van der Waals surface area contributed by atoms with Crippen LogP contribution in [0.4, 0.5) is 0 Å². The van der Waals surface area contributed by atoms with Gasteiger partial charge in [0.1, 0.15) is 5.69 Å². The van der Waals surface area contributed by atoms with E-state index in [0.717, 1.165) is 21.7 Å². The highest BCUT2D eigenvalue weighted by Crippen LogP contribution is 2.26. The predicted molar refractivity (Wildman–Crippen MR) is 93.6 cm³/mol. The molecule has 0 bridgehead atoms. The number of aliphatic hydroxyl groups is 1. The molecule has 3 rings (SSSR count). The summed E-state index contributed by atoms with van der Waals surface area (Å²) >= 11 is 0. The average Bonchev–Trinajstić information content (AvgIpc) is 2.97. The van der Waals surface area contributed by atoms with Gasteiger partial charge in [-0.05, 0) is 34.7 Å². The van der Waals surface area contributed by atoms with Crippen LogP contribution in [0.2, 0.25) is 0 Å². The highest BCUT2D eigenvalue weighted by Gasteiger charge is 2.19. The van der Waals surface area contributed by atoms with Crippen LogP contribution < -0.4 is 5.32 Å². The Morgan fingerprint density at radius 2 is 1.96 bits per heavy atom. The minimum Gasteiger partial charge on any atom is -0.396 e. The summed E-state index contributed by atoms with van der Waals surface area (Å²) in [5.41, 5.74) is 1.41. The molecule has 1 heterocycles. The maximum Gasteiger partial charge on any atom is 0.267 e. The monoisotopic (exact) mass is 310 g/mol. The number of rotatable bonds is 5. The van der Waals surface area contributed by atoms with Gasteiger partial charge in [0.25, 0.3) is 5.91 Å². The molecule has 4 heteroatoms. The first-order chi connectivity index (χ1) is 11.0. The third-order valence-electron chi connectivity index (χ3n) is 4.29. The number of carbonyl (C=O) groups is 1. The fourth-order valence-corrected chi connectivity index (χ4v) is 2.81. The second-order valence-corrected chi connectivity index (χ2v) is 6.75. The van der Waals surface area contributed by atoms with E-state index in [1.165, 1.54) is 0 Å². The Kier molecular flexibility index (Phi) is 4.09. The van der Waals surface area contributed by atoms with Crippen molar-refractivity contribution in [1.82, 2.24) is 10.3 Å². The molecule has 4 nitrogen and oxygen atoms in total. The topological polar surface area (TPSA) is 65.1 Å². The van der Waals surface area contributed by atoms with Crippen LogP contribution in [-0.2, 0) is 0 Å². The maximum absolute atomic E-state index is 12.4. The highest BCUT2D eigenvalue weighted by molar-refractivity contribution is 6.09. The molecule has 0 aliphatic heterocycles. The fraction of sp³-hybridized carbons (Fsp3) is 0.316. The van der Waals surface area contributed by atoms with Crippen molar-refractivity contribution in [2.75, 3.05) is 13.2 Å². The van der Waals surface area contributed by atoms with Crippen LogP contribution in [-0.4, -0.2) is 29.1 Å². The largest absolute Gasteiger partial charge is 0.396 e. The van der Waals surface area contributed by atoms with E-state index in [0.29, 0.717) is 18.7 Å². The van der Waals surface area contributed by atoms with Crippen molar-refractivity contribution in [3.8, 4) is 0 Å². The molecule has 23 heavy (non-hydrogen) atoms. The van der Waals surface area contributed by atoms with Gasteiger partial charge in [-0.2, -0.15) is 0 Å². The molecule has 0 atom stereocenters. The highest BCUT2D eigenvalue weighted by atomic mass is 16.3. The van der Waals surface area contributed by atoms with E-state index in [4.69, 9.17) is 5.11 Å². The van der Waals surface area contributed by atoms with Crippen LogP contribution in [0.5, 0.6) is 0 Å². The van der Waals surface area contributed by atoms with Crippen LogP contribution in [0.25, 0.3) is 21.7 Å². The van der Waals surface area contributed by atoms with Gasteiger partial charge in [0.2, 0.25) is 0 Å². The molecule has 0 aliphatic rings. The van der Waals surface area contributed by atoms with Crippen molar-refractivity contribution >= 4 is 27.6 Å². The van der Waals surface area contributed by atoms with E-state index < -0.39 is 0 Å². The van der Waals surface area contributed by atoms with E-state index >= 15 is 0 Å². The van der Waals surface area contributed by atoms with Crippen LogP contribution in [0.3, 0.4) is 0 Å². The number of carbonyl (C=O) groups excluding carboxylic acids is 1. The first-order valence-corrected chi connectivity index (χ1v) is 7.90. The Bertz CT molecular complexity index is 849. The predicted octanol–water partition coefficient (Wildman–Crippen LogP) is 3.46. The second kappa shape index (κ2) is 6.05. The zero-order valence-electron chi connectivity index (χ0n) is 13.5. The number of aromatic amines is 1. The van der Waals surface area contributed by atoms with Gasteiger partial charge in [-0.25, -0.2) is 0 Å². The molecule has 0 unspecified atom stereocenters. The Labute approximate surface area is 135 Å². The number of H-pyrrole nitrogens is 1. The molecule has 3 aromatic rings. The number of nitrogens with one attached hydrogen (secondary N) is 2. The molecule has 0 saturated carbocycles. The number of fused-ring (bicyclic) bond motifs is 3. The van der Waals surface area contributed by atoms with E-state index in [2.05, 4.69) is 28.5 Å². The molecular weight excluding hydrogens is 288 g/mol. The van der Waals surface area contributed by atoms with E-state index in [1.54, 1.807) is 0 Å². The number of aromatic nitrogens is 1. The summed E-state index contributed by atoms with van der Waals surface area (Å²) in [6, 6.07) is 14.1. The summed E-state index contributed by atoms with van der Waals surface area (Å²) in [7, 11) is 0. The summed E-state index contributed by atoms with van der Waals surface area (Å²) in [4.78, 5) is 15.6. The Hall–Kier alpha value is -2.33. The first-order valence-electron chi connectivity index (χ1n) is 7.90. The number of hydrogen-bond acceptors (Lipinski definition) is 2. The SMILES string of the molecule is CC(C)(CCO)CNC(=O)c1cc2c(ccc3ccccc32)[nH]1. The van der Waals surface area contributed by atoms with Gasteiger partial charge in [0.05, 0.1) is 0 Å². The van der Waals surface area contributed by atoms with E-state index in [-0.39, 0.29) is 17.9 Å². The van der Waals surface area contributed by atoms with Crippen molar-refractivity contribution in [2.24, 2.45) is 5.41 Å². The molecule has 120 valence electrons. The summed E-state index contributed by atoms with van der Waals surface area (Å²) in [5, 5.41) is 15.4. The van der Waals surface area contributed by atoms with Crippen LogP contribution in [0.1, 0.15) is 30.8 Å². The van der Waals surface area contributed by atoms with Crippen LogP contribution in [0, 0.1) is 5.41 Å². The molecule has 2 aromatic carbocycles. The van der Waals surface area contributed by atoms with Gasteiger partial charge in [0, 0.05) is 24.1 Å². The molecule has 0 fully saturated rings. The lowest BCUT2D eigenvalue weighted by atomic mass is 9.90. The third kappa shape index (κ3) is 3.22. The summed E-state index contributed by atoms with van der Waals surface area (Å²) in [5.74, 6) is -0.115. The Morgan fingerprint density at radius 1 is 1.17 bits per heavy atom. The zero-order valence-corrected chi connectivity index (χ0v) is 13.5. The maximum atomic E-state index is 12.4.